The molecule has 77 heavy (non-hydrogen) atoms. The highest BCUT2D eigenvalue weighted by Gasteiger charge is 2.46. The lowest BCUT2D eigenvalue weighted by Crippen LogP contribution is -2.46. The maximum absolute atomic E-state index is 14.5. The first kappa shape index (κ1) is 52.6. The van der Waals surface area contributed by atoms with Gasteiger partial charge in [-0.3, -0.25) is 15.0 Å². The quantitative estimate of drug-likeness (QED) is 0.0974. The number of anilines is 2. The zero-order valence-corrected chi connectivity index (χ0v) is 42.9. The summed E-state index contributed by atoms with van der Waals surface area (Å²) >= 11 is 0. The molecule has 2 unspecified atom stereocenters. The molecule has 4 bridgehead atoms. The van der Waals surface area contributed by atoms with Crippen molar-refractivity contribution in [3.05, 3.63) is 107 Å². The van der Waals surface area contributed by atoms with E-state index in [1.807, 2.05) is 4.90 Å². The van der Waals surface area contributed by atoms with Gasteiger partial charge in [-0.05, 0) is 74.6 Å². The molecule has 10 N–H and O–H groups in total. The van der Waals surface area contributed by atoms with E-state index in [0.29, 0.717) is 69.9 Å². The van der Waals surface area contributed by atoms with Crippen molar-refractivity contribution in [2.45, 2.75) is 110 Å². The number of aliphatic hydroxyl groups is 2. The Bertz CT molecular complexity index is 3780. The maximum atomic E-state index is 14.5. The Labute approximate surface area is 437 Å². The Hall–Kier alpha value is -7.86. The molecule has 6 aromatic heterocycles. The molecule has 0 aliphatic carbocycles. The van der Waals surface area contributed by atoms with Gasteiger partial charge in [0.1, 0.15) is 45.7 Å². The minimum atomic E-state index is -3.80. The molecule has 12 rings (SSSR count). The second kappa shape index (κ2) is 20.6. The van der Waals surface area contributed by atoms with Crippen LogP contribution in [0.5, 0.6) is 0 Å². The van der Waals surface area contributed by atoms with Gasteiger partial charge in [-0.1, -0.05) is 24.3 Å². The molecule has 10 heterocycles. The van der Waals surface area contributed by atoms with Crippen molar-refractivity contribution in [1.29, 1.82) is 0 Å². The summed E-state index contributed by atoms with van der Waals surface area (Å²) in [5.74, 6) is -2.76. The molecule has 25 nitrogen and oxygen atoms in total. The number of aliphatic hydroxyl groups excluding tert-OH is 2. The third-order valence-electron chi connectivity index (χ3n) is 14.6. The monoisotopic (exact) mass is 1100 g/mol. The van der Waals surface area contributed by atoms with Gasteiger partial charge >= 0.3 is 5.97 Å². The second-order valence-electron chi connectivity index (χ2n) is 19.5. The highest BCUT2D eigenvalue weighted by atomic mass is 32.2. The van der Waals surface area contributed by atoms with Gasteiger partial charge in [0.15, 0.2) is 31.0 Å². The lowest BCUT2D eigenvalue weighted by atomic mass is 9.87. The number of hydrogen-bond donors (Lipinski definition) is 8. The third kappa shape index (κ3) is 10.1. The molecule has 4 saturated heterocycles. The lowest BCUT2D eigenvalue weighted by Gasteiger charge is -2.38. The minimum Gasteiger partial charge on any atom is -0.475 e. The third-order valence-corrected chi connectivity index (χ3v) is 16.9. The van der Waals surface area contributed by atoms with Gasteiger partial charge < -0.3 is 37.0 Å². The molecule has 1 amide bonds. The van der Waals surface area contributed by atoms with Crippen LogP contribution in [0.3, 0.4) is 0 Å². The average molecular weight is 1100 g/mol. The second-order valence-corrected chi connectivity index (χ2v) is 23.4. The van der Waals surface area contributed by atoms with Crippen LogP contribution in [0.2, 0.25) is 0 Å². The molecule has 4 fully saturated rings. The summed E-state index contributed by atoms with van der Waals surface area (Å²) in [5, 5.41) is 50.7. The van der Waals surface area contributed by atoms with E-state index < -0.39 is 50.5 Å². The van der Waals surface area contributed by atoms with Gasteiger partial charge in [-0.2, -0.15) is 29.4 Å². The number of benzene rings is 2. The van der Waals surface area contributed by atoms with Crippen LogP contribution in [0.1, 0.15) is 107 Å². The molecule has 29 heteroatoms. The van der Waals surface area contributed by atoms with Crippen LogP contribution in [0.25, 0.3) is 33.5 Å². The number of aromatic amines is 2. The number of carboxylic acid groups (broad SMARTS) is 1. The SMILES string of the molecule is CS(=O)(=O)c1c(C2C[C@H]3CC[C@@H](C2)N3)nc2c(-c3ccc(CO)c(F)c3)cnn2c1N.CS(=O)(=O)c1c(C2C[C@H]3CC[C@@H](C2)N3C(=O)c2ncn[nH]2)nc2c(-c3ccc(CO)c(F)c3)cnn2c1N.O=C(O)c1ncn[nH]1. The Morgan fingerprint density at radius 3 is 1.49 bits per heavy atom. The van der Waals surface area contributed by atoms with Gasteiger partial charge in [0.25, 0.3) is 5.91 Å². The van der Waals surface area contributed by atoms with Crippen molar-refractivity contribution in [3.63, 3.8) is 0 Å². The van der Waals surface area contributed by atoms with E-state index in [0.717, 1.165) is 57.4 Å². The Morgan fingerprint density at radius 1 is 0.675 bits per heavy atom. The molecular weight excluding hydrogens is 1050 g/mol. The summed E-state index contributed by atoms with van der Waals surface area (Å²) in [6.45, 7) is -0.833. The molecular formula is C48H52F2N16O9S2. The Morgan fingerprint density at radius 2 is 1.12 bits per heavy atom. The molecule has 4 aliphatic heterocycles. The van der Waals surface area contributed by atoms with E-state index in [9.17, 15) is 45.4 Å². The van der Waals surface area contributed by atoms with E-state index >= 15 is 0 Å². The van der Waals surface area contributed by atoms with Crippen LogP contribution in [0, 0.1) is 11.6 Å². The summed E-state index contributed by atoms with van der Waals surface area (Å²) in [7, 11) is -7.44. The van der Waals surface area contributed by atoms with E-state index in [2.05, 4.69) is 45.9 Å². The number of halogens is 2. The topological polar surface area (TPSA) is 374 Å². The molecule has 2 aromatic carbocycles. The average Bonchev–Trinajstić information content (AvgIpc) is 4.28. The Balaban J connectivity index is 0.000000155. The van der Waals surface area contributed by atoms with Crippen molar-refractivity contribution in [3.8, 4) is 22.3 Å². The number of nitrogens with one attached hydrogen (secondary N) is 3. The van der Waals surface area contributed by atoms with Crippen LogP contribution in [-0.4, -0.2) is 145 Å². The fraction of sp³-hybridized carbons (Fsp3) is 0.375. The fourth-order valence-corrected chi connectivity index (χ4v) is 13.3. The maximum Gasteiger partial charge on any atom is 0.373 e. The lowest BCUT2D eigenvalue weighted by molar-refractivity contribution is 0.0555. The van der Waals surface area contributed by atoms with Crippen LogP contribution in [-0.2, 0) is 32.9 Å². The highest BCUT2D eigenvalue weighted by Crippen LogP contribution is 2.46. The van der Waals surface area contributed by atoms with Crippen LogP contribution >= 0.6 is 0 Å². The highest BCUT2D eigenvalue weighted by molar-refractivity contribution is 7.91. The van der Waals surface area contributed by atoms with E-state index in [1.54, 1.807) is 12.1 Å². The number of rotatable bonds is 10. The minimum absolute atomic E-state index is 0.0204. The molecule has 404 valence electrons. The molecule has 6 atom stereocenters. The van der Waals surface area contributed by atoms with E-state index in [1.165, 1.54) is 52.0 Å². The largest absolute Gasteiger partial charge is 0.475 e. The molecule has 0 spiro atoms. The number of aromatic carboxylic acids is 1. The number of amides is 1. The van der Waals surface area contributed by atoms with E-state index in [-0.39, 0.29) is 74.0 Å². The first-order valence-corrected chi connectivity index (χ1v) is 28.1. The van der Waals surface area contributed by atoms with E-state index in [4.69, 9.17) is 26.5 Å². The number of nitrogens with zero attached hydrogens (tertiary/aromatic N) is 11. The molecule has 4 aliphatic rings. The number of fused-ring (bicyclic) bond motifs is 6. The predicted molar refractivity (Wildman–Crippen MR) is 270 cm³/mol. The van der Waals surface area contributed by atoms with Crippen molar-refractivity contribution < 1.29 is 50.5 Å². The number of carbonyl (C=O) groups excluding carboxylic acids is 1. The summed E-state index contributed by atoms with van der Waals surface area (Å²) in [6.07, 6.45) is 13.9. The fourth-order valence-electron chi connectivity index (χ4n) is 11.2. The van der Waals surface area contributed by atoms with Crippen molar-refractivity contribution >= 4 is 54.5 Å². The van der Waals surface area contributed by atoms with Gasteiger partial charge in [-0.15, -0.1) is 0 Å². The smallest absolute Gasteiger partial charge is 0.373 e. The number of H-pyrrole nitrogens is 2. The van der Waals surface area contributed by atoms with Gasteiger partial charge in [-0.25, -0.2) is 50.3 Å². The number of hydrogen-bond acceptors (Lipinski definition) is 19. The molecule has 8 aromatic rings. The van der Waals surface area contributed by atoms with Gasteiger partial charge in [0.05, 0.1) is 37.0 Å². The normalized spacial score (nSPS) is 20.9. The van der Waals surface area contributed by atoms with Crippen molar-refractivity contribution in [1.82, 2.24) is 69.8 Å². The molecule has 0 radical (unpaired) electrons. The van der Waals surface area contributed by atoms with Crippen molar-refractivity contribution in [2.75, 3.05) is 24.0 Å². The van der Waals surface area contributed by atoms with Crippen molar-refractivity contribution in [2.24, 2.45) is 0 Å². The number of nitrogen functional groups attached to an aromatic ring is 2. The predicted octanol–water partition coefficient (Wildman–Crippen LogP) is 3.20. The summed E-state index contributed by atoms with van der Waals surface area (Å²) in [4.78, 5) is 41.7. The Kier molecular flexibility index (Phi) is 14.1. The number of aromatic nitrogens is 12. The first-order chi connectivity index (χ1) is 36.7. The number of piperidine rings is 2. The van der Waals surface area contributed by atoms with Gasteiger partial charge in [0.2, 0.25) is 11.6 Å². The number of carboxylic acids is 1. The van der Waals surface area contributed by atoms with Crippen LogP contribution < -0.4 is 16.8 Å². The zero-order valence-electron chi connectivity index (χ0n) is 41.2. The number of nitrogens with two attached hydrogens (primary N) is 2. The summed E-state index contributed by atoms with van der Waals surface area (Å²) in [6, 6.07) is 9.35. The summed E-state index contributed by atoms with van der Waals surface area (Å²) in [5.41, 5.74) is 16.6. The summed E-state index contributed by atoms with van der Waals surface area (Å²) < 4.78 is 82.5. The molecule has 0 saturated carbocycles. The first-order valence-electron chi connectivity index (χ1n) is 24.3. The van der Waals surface area contributed by atoms with Gasteiger partial charge in [0, 0.05) is 70.8 Å². The number of carbonyl (C=O) groups is 2. The standard InChI is InChI=1S/C24H25FN8O4S.C21H24FN5O3S.C3H3N3O2/c1-38(36,37)20-19(14-6-15-4-5-16(7-14)32(15)24(35)22-27-11-28-31-22)30-23-17(9-29-33(23)21(20)26)12-2-3-13(10-34)18(25)8-12;1-31(29,30)19-18(13-6-14-4-5-15(7-13)25-14)26-21-16(9-24-27(21)20(19)23)11-2-3-12(10-28)17(22)8-11;7-3(8)2-4-1-5-6-2/h2-3,8-9,11,14-16,34H,4-7,10,26H2,1H3,(H,27,28,31);2-3,8-9,13-15,25,28H,4-7,10,23H2,1H3;1H,(H,7,8)(H,4,5,6)/t14?,15-,16+;13?,14-,15+;. The number of sulfone groups is 2. The zero-order chi connectivity index (χ0) is 54.7. The van der Waals surface area contributed by atoms with Crippen LogP contribution in [0.15, 0.2) is 71.2 Å². The van der Waals surface area contributed by atoms with Crippen LogP contribution in [0.4, 0.5) is 20.4 Å².